The minimum Gasteiger partial charge on any atom is -0.478 e. The molecule has 122 valence electrons. The van der Waals surface area contributed by atoms with Crippen LogP contribution < -0.4 is 5.32 Å². The molecule has 1 saturated carbocycles. The highest BCUT2D eigenvalue weighted by Crippen LogP contribution is 2.32. The summed E-state index contributed by atoms with van der Waals surface area (Å²) in [7, 11) is 0. The molecule has 1 amide bonds. The number of nitrogens with one attached hydrogen (secondary N) is 1. The van der Waals surface area contributed by atoms with E-state index in [9.17, 15) is 9.59 Å². The van der Waals surface area contributed by atoms with Crippen molar-refractivity contribution in [3.63, 3.8) is 0 Å². The molecule has 0 atom stereocenters. The summed E-state index contributed by atoms with van der Waals surface area (Å²) >= 11 is 0. The van der Waals surface area contributed by atoms with Gasteiger partial charge < -0.3 is 19.6 Å². The van der Waals surface area contributed by atoms with Gasteiger partial charge in [-0.3, -0.25) is 4.79 Å². The largest absolute Gasteiger partial charge is 0.478 e. The number of hydrogen-bond donors (Lipinski definition) is 2. The van der Waals surface area contributed by atoms with Crippen molar-refractivity contribution in [1.29, 1.82) is 0 Å². The van der Waals surface area contributed by atoms with E-state index in [2.05, 4.69) is 5.32 Å². The summed E-state index contributed by atoms with van der Waals surface area (Å²) < 4.78 is 10.8. The molecule has 1 aromatic heterocycles. The predicted octanol–water partition coefficient (Wildman–Crippen LogP) is 2.48. The number of aryl methyl sites for hydroxylation is 1. The first-order valence-corrected chi connectivity index (χ1v) is 7.80. The average Bonchev–Trinajstić information content (AvgIpc) is 2.88. The van der Waals surface area contributed by atoms with Crippen LogP contribution in [0.25, 0.3) is 0 Å². The zero-order valence-electron chi connectivity index (χ0n) is 13.1. The van der Waals surface area contributed by atoms with Crippen LogP contribution in [0.5, 0.6) is 0 Å². The van der Waals surface area contributed by atoms with Gasteiger partial charge in [0.25, 0.3) is 5.91 Å². The summed E-state index contributed by atoms with van der Waals surface area (Å²) in [6, 6.07) is 1.30. The van der Waals surface area contributed by atoms with Gasteiger partial charge in [0, 0.05) is 25.6 Å². The first kappa shape index (κ1) is 16.5. The van der Waals surface area contributed by atoms with E-state index < -0.39 is 5.97 Å². The Labute approximate surface area is 129 Å². The van der Waals surface area contributed by atoms with Crippen molar-refractivity contribution in [2.24, 2.45) is 5.92 Å². The smallest absolute Gasteiger partial charge is 0.339 e. The molecule has 6 heteroatoms. The number of carbonyl (C=O) groups excluding carboxylic acids is 1. The van der Waals surface area contributed by atoms with E-state index in [1.165, 1.54) is 6.07 Å². The minimum atomic E-state index is -1.07. The van der Waals surface area contributed by atoms with Crippen LogP contribution in [0.2, 0.25) is 0 Å². The molecule has 1 fully saturated rings. The Hall–Kier alpha value is -1.82. The van der Waals surface area contributed by atoms with Gasteiger partial charge in [0.2, 0.25) is 0 Å². The normalized spacial score (nSPS) is 20.5. The van der Waals surface area contributed by atoms with Crippen LogP contribution in [0.15, 0.2) is 10.5 Å². The van der Waals surface area contributed by atoms with Gasteiger partial charge in [-0.15, -0.1) is 0 Å². The van der Waals surface area contributed by atoms with Gasteiger partial charge in [0.15, 0.2) is 5.76 Å². The summed E-state index contributed by atoms with van der Waals surface area (Å²) in [5.41, 5.74) is 0.0613. The third-order valence-electron chi connectivity index (χ3n) is 4.02. The summed E-state index contributed by atoms with van der Waals surface area (Å²) in [6.07, 6.45) is 3.82. The van der Waals surface area contributed by atoms with E-state index in [4.69, 9.17) is 14.3 Å². The second kappa shape index (κ2) is 7.45. The summed E-state index contributed by atoms with van der Waals surface area (Å²) in [4.78, 5) is 23.0. The van der Waals surface area contributed by atoms with Gasteiger partial charge in [-0.1, -0.05) is 6.92 Å². The zero-order chi connectivity index (χ0) is 16.1. The van der Waals surface area contributed by atoms with Crippen molar-refractivity contribution in [2.45, 2.75) is 45.6 Å². The number of ether oxygens (including phenoxy) is 1. The highest BCUT2D eigenvalue weighted by atomic mass is 16.5. The van der Waals surface area contributed by atoms with E-state index in [0.717, 1.165) is 25.9 Å². The Morgan fingerprint density at radius 2 is 2.14 bits per heavy atom. The molecule has 0 unspecified atom stereocenters. The highest BCUT2D eigenvalue weighted by Gasteiger charge is 2.29. The first-order chi connectivity index (χ1) is 10.5. The number of carboxylic acids is 1. The topological polar surface area (TPSA) is 88.8 Å². The second-order valence-corrected chi connectivity index (χ2v) is 5.57. The van der Waals surface area contributed by atoms with Gasteiger partial charge in [-0.25, -0.2) is 4.79 Å². The van der Waals surface area contributed by atoms with Crippen molar-refractivity contribution in [3.05, 3.63) is 23.2 Å². The molecule has 2 N–H and O–H groups in total. The van der Waals surface area contributed by atoms with Crippen molar-refractivity contribution in [3.8, 4) is 0 Å². The van der Waals surface area contributed by atoms with E-state index in [1.54, 1.807) is 6.92 Å². The SMILES string of the molecule is CCOC1CC(CCNC(=O)c2cc(C(=O)O)c(CC)o2)C1. The maximum atomic E-state index is 12.0. The average molecular weight is 309 g/mol. The molecule has 22 heavy (non-hydrogen) atoms. The number of carboxylic acid groups (broad SMARTS) is 1. The molecule has 1 heterocycles. The van der Waals surface area contributed by atoms with E-state index in [1.807, 2.05) is 6.92 Å². The fourth-order valence-corrected chi connectivity index (χ4v) is 2.74. The number of aromatic carboxylic acids is 1. The standard InChI is InChI=1S/C16H23NO5/c1-3-13-12(16(19)20)9-14(22-13)15(18)17-6-5-10-7-11(8-10)21-4-2/h9-11H,3-8H2,1-2H3,(H,17,18)(H,19,20). The van der Waals surface area contributed by atoms with Crippen molar-refractivity contribution >= 4 is 11.9 Å². The van der Waals surface area contributed by atoms with Crippen LogP contribution in [-0.4, -0.2) is 36.2 Å². The van der Waals surface area contributed by atoms with Gasteiger partial charge in [0.05, 0.1) is 6.10 Å². The van der Waals surface area contributed by atoms with Crippen LogP contribution in [0.1, 0.15) is 59.8 Å². The molecule has 0 saturated heterocycles. The zero-order valence-corrected chi connectivity index (χ0v) is 13.1. The maximum Gasteiger partial charge on any atom is 0.339 e. The third-order valence-corrected chi connectivity index (χ3v) is 4.02. The molecule has 1 aliphatic carbocycles. The first-order valence-electron chi connectivity index (χ1n) is 7.80. The van der Waals surface area contributed by atoms with Crippen LogP contribution in [-0.2, 0) is 11.2 Å². The number of hydrogen-bond acceptors (Lipinski definition) is 4. The lowest BCUT2D eigenvalue weighted by molar-refractivity contribution is -0.0261. The predicted molar refractivity (Wildman–Crippen MR) is 80.1 cm³/mol. The molecule has 0 radical (unpaired) electrons. The molecule has 1 aromatic rings. The Morgan fingerprint density at radius 1 is 1.41 bits per heavy atom. The minimum absolute atomic E-state index is 0.0613. The Morgan fingerprint density at radius 3 is 2.68 bits per heavy atom. The van der Waals surface area contributed by atoms with Crippen molar-refractivity contribution in [2.75, 3.05) is 13.2 Å². The second-order valence-electron chi connectivity index (χ2n) is 5.57. The van der Waals surface area contributed by atoms with Gasteiger partial charge in [-0.05, 0) is 32.1 Å². The van der Waals surface area contributed by atoms with Crippen LogP contribution in [0, 0.1) is 5.92 Å². The molecule has 0 spiro atoms. The fraction of sp³-hybridized carbons (Fsp3) is 0.625. The number of furan rings is 1. The molecule has 0 bridgehead atoms. The lowest BCUT2D eigenvalue weighted by atomic mass is 9.80. The highest BCUT2D eigenvalue weighted by molar-refractivity contribution is 5.96. The van der Waals surface area contributed by atoms with Gasteiger partial charge in [-0.2, -0.15) is 0 Å². The monoisotopic (exact) mass is 309 g/mol. The quantitative estimate of drug-likeness (QED) is 0.770. The van der Waals surface area contributed by atoms with Crippen LogP contribution in [0.3, 0.4) is 0 Å². The molecule has 0 aromatic carbocycles. The number of amides is 1. The molecular weight excluding hydrogens is 286 g/mol. The molecule has 0 aliphatic heterocycles. The van der Waals surface area contributed by atoms with Crippen LogP contribution in [0.4, 0.5) is 0 Å². The number of rotatable bonds is 8. The molecular formula is C16H23NO5. The summed E-state index contributed by atoms with van der Waals surface area (Å²) in [5, 5.41) is 11.8. The maximum absolute atomic E-state index is 12.0. The summed E-state index contributed by atoms with van der Waals surface area (Å²) in [5.74, 6) is -0.445. The van der Waals surface area contributed by atoms with E-state index in [0.29, 0.717) is 30.7 Å². The van der Waals surface area contributed by atoms with E-state index in [-0.39, 0.29) is 17.2 Å². The van der Waals surface area contributed by atoms with Crippen molar-refractivity contribution in [1.82, 2.24) is 5.32 Å². The molecule has 6 nitrogen and oxygen atoms in total. The van der Waals surface area contributed by atoms with Gasteiger partial charge in [0.1, 0.15) is 11.3 Å². The lowest BCUT2D eigenvalue weighted by Gasteiger charge is -2.34. The lowest BCUT2D eigenvalue weighted by Crippen LogP contribution is -2.34. The van der Waals surface area contributed by atoms with Crippen LogP contribution >= 0.6 is 0 Å². The summed E-state index contributed by atoms with van der Waals surface area (Å²) in [6.45, 7) is 5.09. The third kappa shape index (κ3) is 3.88. The number of carbonyl (C=O) groups is 2. The molecule has 2 rings (SSSR count). The van der Waals surface area contributed by atoms with E-state index >= 15 is 0 Å². The Kier molecular flexibility index (Phi) is 5.60. The fourth-order valence-electron chi connectivity index (χ4n) is 2.74. The molecule has 1 aliphatic rings. The van der Waals surface area contributed by atoms with Crippen molar-refractivity contribution < 1.29 is 23.8 Å². The van der Waals surface area contributed by atoms with Gasteiger partial charge >= 0.3 is 5.97 Å². The Bertz CT molecular complexity index is 531. The Balaban J connectivity index is 1.77.